The largest absolute Gasteiger partial charge is 0.493 e. The van der Waals surface area contributed by atoms with E-state index in [0.717, 1.165) is 30.9 Å². The Kier molecular flexibility index (Phi) is 7.85. The molecule has 0 aromatic heterocycles. The summed E-state index contributed by atoms with van der Waals surface area (Å²) in [6.45, 7) is 4.54. The molecule has 118 valence electrons. The molecule has 0 atom stereocenters. The van der Waals surface area contributed by atoms with Crippen molar-refractivity contribution in [1.82, 2.24) is 5.32 Å². The second-order valence-corrected chi connectivity index (χ2v) is 5.40. The summed E-state index contributed by atoms with van der Waals surface area (Å²) in [6, 6.07) is 5.68. The van der Waals surface area contributed by atoms with Crippen molar-refractivity contribution >= 4 is 23.0 Å². The number of nitrogens with one attached hydrogen (secondary N) is 3. The SMILES string of the molecule is CCOc1ccc(NC(=S)NCCC[NH+](C)C)cc1OC. The van der Waals surface area contributed by atoms with Crippen molar-refractivity contribution in [1.29, 1.82) is 0 Å². The van der Waals surface area contributed by atoms with Crippen LogP contribution in [0.2, 0.25) is 0 Å². The van der Waals surface area contributed by atoms with Gasteiger partial charge in [-0.1, -0.05) is 0 Å². The van der Waals surface area contributed by atoms with Crippen LogP contribution in [0.25, 0.3) is 0 Å². The highest BCUT2D eigenvalue weighted by Crippen LogP contribution is 2.30. The molecule has 0 amide bonds. The Morgan fingerprint density at radius 3 is 2.67 bits per heavy atom. The van der Waals surface area contributed by atoms with Crippen LogP contribution >= 0.6 is 12.2 Å². The van der Waals surface area contributed by atoms with Crippen molar-refractivity contribution < 1.29 is 14.4 Å². The van der Waals surface area contributed by atoms with E-state index in [1.54, 1.807) is 7.11 Å². The molecule has 0 saturated carbocycles. The molecule has 0 radical (unpaired) electrons. The molecule has 0 aliphatic rings. The normalized spacial score (nSPS) is 10.3. The van der Waals surface area contributed by atoms with Crippen molar-refractivity contribution in [3.05, 3.63) is 18.2 Å². The van der Waals surface area contributed by atoms with Crippen LogP contribution in [0.15, 0.2) is 18.2 Å². The molecule has 0 saturated heterocycles. The van der Waals surface area contributed by atoms with Gasteiger partial charge in [0.1, 0.15) is 0 Å². The summed E-state index contributed by atoms with van der Waals surface area (Å²) in [5.74, 6) is 1.43. The van der Waals surface area contributed by atoms with E-state index in [2.05, 4.69) is 24.7 Å². The highest BCUT2D eigenvalue weighted by atomic mass is 32.1. The minimum atomic E-state index is 0.608. The summed E-state index contributed by atoms with van der Waals surface area (Å²) in [4.78, 5) is 1.44. The van der Waals surface area contributed by atoms with Crippen molar-refractivity contribution in [2.24, 2.45) is 0 Å². The molecule has 1 rings (SSSR count). The molecular formula is C15H26N3O2S+. The molecular weight excluding hydrogens is 286 g/mol. The van der Waals surface area contributed by atoms with E-state index in [-0.39, 0.29) is 0 Å². The van der Waals surface area contributed by atoms with Gasteiger partial charge < -0.3 is 25.0 Å². The number of rotatable bonds is 8. The fraction of sp³-hybridized carbons (Fsp3) is 0.533. The molecule has 0 heterocycles. The number of benzene rings is 1. The first kappa shape index (κ1) is 17.5. The number of hydrogen-bond donors (Lipinski definition) is 3. The third kappa shape index (κ3) is 6.64. The highest BCUT2D eigenvalue weighted by Gasteiger charge is 2.06. The standard InChI is InChI=1S/C15H25N3O2S/c1-5-20-13-8-7-12(11-14(13)19-4)17-15(21)16-9-6-10-18(2)3/h7-8,11H,5-6,9-10H2,1-4H3,(H2,16,17,21)/p+1. The third-order valence-corrected chi connectivity index (χ3v) is 3.11. The Morgan fingerprint density at radius 1 is 1.29 bits per heavy atom. The number of quaternary nitrogens is 1. The maximum absolute atomic E-state index is 5.49. The summed E-state index contributed by atoms with van der Waals surface area (Å²) in [5, 5.41) is 6.97. The fourth-order valence-corrected chi connectivity index (χ4v) is 2.06. The molecule has 0 unspecified atom stereocenters. The monoisotopic (exact) mass is 312 g/mol. The predicted molar refractivity (Wildman–Crippen MR) is 90.7 cm³/mol. The van der Waals surface area contributed by atoms with E-state index in [1.165, 1.54) is 4.90 Å². The van der Waals surface area contributed by atoms with Crippen LogP contribution in [0, 0.1) is 0 Å². The molecule has 6 heteroatoms. The lowest BCUT2D eigenvalue weighted by Crippen LogP contribution is -3.05. The topological polar surface area (TPSA) is 47.0 Å². The molecule has 0 aliphatic carbocycles. The number of methoxy groups -OCH3 is 1. The molecule has 0 spiro atoms. The van der Waals surface area contributed by atoms with Crippen LogP contribution in [0.3, 0.4) is 0 Å². The van der Waals surface area contributed by atoms with Crippen LogP contribution in [0.4, 0.5) is 5.69 Å². The predicted octanol–water partition coefficient (Wildman–Crippen LogP) is 0.915. The van der Waals surface area contributed by atoms with Gasteiger partial charge in [-0.3, -0.25) is 0 Å². The second-order valence-electron chi connectivity index (χ2n) is 4.99. The summed E-state index contributed by atoms with van der Waals surface area (Å²) >= 11 is 5.28. The Morgan fingerprint density at radius 2 is 2.05 bits per heavy atom. The number of thiocarbonyl (C=S) groups is 1. The molecule has 5 nitrogen and oxygen atoms in total. The van der Waals surface area contributed by atoms with Crippen LogP contribution in [-0.2, 0) is 0 Å². The minimum absolute atomic E-state index is 0.608. The summed E-state index contributed by atoms with van der Waals surface area (Å²) < 4.78 is 10.8. The van der Waals surface area contributed by atoms with E-state index in [1.807, 2.05) is 25.1 Å². The van der Waals surface area contributed by atoms with Crippen molar-refractivity contribution in [2.75, 3.05) is 46.2 Å². The van der Waals surface area contributed by atoms with Crippen molar-refractivity contribution in [3.8, 4) is 11.5 Å². The molecule has 0 fully saturated rings. The van der Waals surface area contributed by atoms with E-state index in [9.17, 15) is 0 Å². The first-order valence-corrected chi connectivity index (χ1v) is 7.62. The maximum Gasteiger partial charge on any atom is 0.170 e. The van der Waals surface area contributed by atoms with E-state index >= 15 is 0 Å². The summed E-state index contributed by atoms with van der Waals surface area (Å²) in [6.07, 6.45) is 1.08. The van der Waals surface area contributed by atoms with Gasteiger partial charge in [-0.15, -0.1) is 0 Å². The van der Waals surface area contributed by atoms with Gasteiger partial charge in [0.25, 0.3) is 0 Å². The molecule has 1 aromatic carbocycles. The maximum atomic E-state index is 5.49. The van der Waals surface area contributed by atoms with Gasteiger partial charge in [0, 0.05) is 24.7 Å². The van der Waals surface area contributed by atoms with E-state index < -0.39 is 0 Å². The molecule has 3 N–H and O–H groups in total. The van der Waals surface area contributed by atoms with E-state index in [4.69, 9.17) is 21.7 Å². The van der Waals surface area contributed by atoms with Gasteiger partial charge in [-0.05, 0) is 31.3 Å². The highest BCUT2D eigenvalue weighted by molar-refractivity contribution is 7.80. The molecule has 0 bridgehead atoms. The van der Waals surface area contributed by atoms with Crippen molar-refractivity contribution in [2.45, 2.75) is 13.3 Å². The van der Waals surface area contributed by atoms with Gasteiger partial charge in [0.15, 0.2) is 16.6 Å². The average Bonchev–Trinajstić information content (AvgIpc) is 2.45. The Bertz CT molecular complexity index is 453. The average molecular weight is 312 g/mol. The lowest BCUT2D eigenvalue weighted by atomic mass is 10.2. The van der Waals surface area contributed by atoms with Gasteiger partial charge in [-0.2, -0.15) is 0 Å². The smallest absolute Gasteiger partial charge is 0.170 e. The first-order valence-electron chi connectivity index (χ1n) is 7.21. The van der Waals surface area contributed by atoms with Crippen LogP contribution in [-0.4, -0.2) is 46.0 Å². The van der Waals surface area contributed by atoms with Gasteiger partial charge >= 0.3 is 0 Å². The minimum Gasteiger partial charge on any atom is -0.493 e. The first-order chi connectivity index (χ1) is 10.1. The zero-order valence-electron chi connectivity index (χ0n) is 13.3. The van der Waals surface area contributed by atoms with Crippen LogP contribution in [0.1, 0.15) is 13.3 Å². The molecule has 0 aliphatic heterocycles. The Hall–Kier alpha value is -1.53. The van der Waals surface area contributed by atoms with Gasteiger partial charge in [0.2, 0.25) is 0 Å². The quantitative estimate of drug-likeness (QED) is 0.492. The van der Waals surface area contributed by atoms with Crippen LogP contribution in [0.5, 0.6) is 11.5 Å². The molecule has 21 heavy (non-hydrogen) atoms. The van der Waals surface area contributed by atoms with Crippen molar-refractivity contribution in [3.63, 3.8) is 0 Å². The Balaban J connectivity index is 2.48. The number of anilines is 1. The van der Waals surface area contributed by atoms with Crippen LogP contribution < -0.4 is 25.0 Å². The number of hydrogen-bond acceptors (Lipinski definition) is 3. The lowest BCUT2D eigenvalue weighted by molar-refractivity contribution is -0.858. The van der Waals surface area contributed by atoms with E-state index in [0.29, 0.717) is 17.5 Å². The number of ether oxygens (including phenoxy) is 2. The zero-order chi connectivity index (χ0) is 15.7. The fourth-order valence-electron chi connectivity index (χ4n) is 1.84. The third-order valence-electron chi connectivity index (χ3n) is 2.86. The van der Waals surface area contributed by atoms with Gasteiger partial charge in [0.05, 0.1) is 34.4 Å². The molecule has 1 aromatic rings. The summed E-state index contributed by atoms with van der Waals surface area (Å²) in [7, 11) is 5.91. The van der Waals surface area contributed by atoms with Gasteiger partial charge in [-0.25, -0.2) is 0 Å². The lowest BCUT2D eigenvalue weighted by Gasteiger charge is -2.14. The zero-order valence-corrected chi connectivity index (χ0v) is 14.1. The Labute approximate surface area is 132 Å². The summed E-state index contributed by atoms with van der Waals surface area (Å²) in [5.41, 5.74) is 0.881. The second kappa shape index (κ2) is 9.41.